The van der Waals surface area contributed by atoms with Gasteiger partial charge in [-0.25, -0.2) is 9.37 Å². The van der Waals surface area contributed by atoms with E-state index in [2.05, 4.69) is 10.3 Å². The van der Waals surface area contributed by atoms with Gasteiger partial charge in [-0.2, -0.15) is 0 Å². The summed E-state index contributed by atoms with van der Waals surface area (Å²) in [4.78, 5) is 5.53. The first-order chi connectivity index (χ1) is 9.10. The van der Waals surface area contributed by atoms with Crippen LogP contribution in [-0.2, 0) is 13.2 Å². The zero-order valence-electron chi connectivity index (χ0n) is 11.3. The molecule has 0 atom stereocenters. The fourth-order valence-corrected chi connectivity index (χ4v) is 2.56. The molecule has 0 fully saturated rings. The average molecular weight is 280 g/mol. The van der Waals surface area contributed by atoms with Crippen molar-refractivity contribution in [1.82, 2.24) is 10.3 Å². The fourth-order valence-electron chi connectivity index (χ4n) is 1.72. The summed E-state index contributed by atoms with van der Waals surface area (Å²) in [5.41, 5.74) is 1.90. The first-order valence-corrected chi connectivity index (χ1v) is 6.90. The molecule has 0 aliphatic heterocycles. The van der Waals surface area contributed by atoms with Gasteiger partial charge in [0.05, 0.1) is 5.69 Å². The number of aryl methyl sites for hydroxylation is 2. The van der Waals surface area contributed by atoms with Gasteiger partial charge in [-0.15, -0.1) is 11.3 Å². The molecule has 0 bridgehead atoms. The molecule has 1 heterocycles. The Labute approximate surface area is 116 Å². The first kappa shape index (κ1) is 14.0. The Hall–Kier alpha value is -1.46. The Morgan fingerprint density at radius 1 is 1.37 bits per heavy atom. The number of aromatic nitrogens is 1. The van der Waals surface area contributed by atoms with Crippen molar-refractivity contribution in [3.8, 4) is 5.75 Å². The maximum Gasteiger partial charge on any atom is 0.165 e. The highest BCUT2D eigenvalue weighted by molar-refractivity contribution is 7.11. The van der Waals surface area contributed by atoms with Crippen LogP contribution < -0.4 is 10.1 Å². The topological polar surface area (TPSA) is 34.1 Å². The molecule has 2 aromatic rings. The van der Waals surface area contributed by atoms with Crippen molar-refractivity contribution in [3.05, 3.63) is 45.2 Å². The molecule has 1 aromatic heterocycles. The lowest BCUT2D eigenvalue weighted by atomic mass is 10.2. The molecule has 0 unspecified atom stereocenters. The van der Waals surface area contributed by atoms with Crippen LogP contribution in [0.15, 0.2) is 18.2 Å². The van der Waals surface area contributed by atoms with Gasteiger partial charge in [-0.05, 0) is 38.6 Å². The van der Waals surface area contributed by atoms with Crippen LogP contribution in [0.4, 0.5) is 4.39 Å². The highest BCUT2D eigenvalue weighted by Crippen LogP contribution is 2.22. The van der Waals surface area contributed by atoms with E-state index in [1.807, 2.05) is 27.0 Å². The van der Waals surface area contributed by atoms with Gasteiger partial charge in [0.25, 0.3) is 0 Å². The zero-order chi connectivity index (χ0) is 13.8. The lowest BCUT2D eigenvalue weighted by Crippen LogP contribution is -2.05. The number of benzene rings is 1. The Bertz CT molecular complexity index is 549. The van der Waals surface area contributed by atoms with E-state index in [1.165, 1.54) is 10.9 Å². The normalized spacial score (nSPS) is 10.7. The highest BCUT2D eigenvalue weighted by atomic mass is 32.1. The fraction of sp³-hybridized carbons (Fsp3) is 0.357. The number of halogens is 1. The monoisotopic (exact) mass is 280 g/mol. The second-order valence-corrected chi connectivity index (χ2v) is 5.62. The summed E-state index contributed by atoms with van der Waals surface area (Å²) in [6.45, 7) is 4.93. The summed E-state index contributed by atoms with van der Waals surface area (Å²) in [7, 11) is 1.83. The molecule has 0 saturated heterocycles. The molecule has 1 N–H and O–H groups in total. The van der Waals surface area contributed by atoms with Gasteiger partial charge in [-0.3, -0.25) is 0 Å². The molecule has 0 aliphatic carbocycles. The van der Waals surface area contributed by atoms with E-state index >= 15 is 0 Å². The van der Waals surface area contributed by atoms with Gasteiger partial charge < -0.3 is 10.1 Å². The number of thiazole rings is 1. The molecule has 0 saturated carbocycles. The van der Waals surface area contributed by atoms with Crippen molar-refractivity contribution in [2.24, 2.45) is 0 Å². The van der Waals surface area contributed by atoms with Crippen molar-refractivity contribution in [1.29, 1.82) is 0 Å². The summed E-state index contributed by atoms with van der Waals surface area (Å²) in [6.07, 6.45) is 0. The Morgan fingerprint density at radius 3 is 2.74 bits per heavy atom. The van der Waals surface area contributed by atoms with Crippen LogP contribution in [0.5, 0.6) is 5.75 Å². The van der Waals surface area contributed by atoms with E-state index in [-0.39, 0.29) is 11.6 Å². The average Bonchev–Trinajstić information content (AvgIpc) is 2.68. The van der Waals surface area contributed by atoms with Crippen LogP contribution in [0.25, 0.3) is 0 Å². The third-order valence-corrected chi connectivity index (χ3v) is 3.85. The van der Waals surface area contributed by atoms with Crippen LogP contribution in [0.1, 0.15) is 21.1 Å². The predicted molar refractivity (Wildman–Crippen MR) is 75.1 cm³/mol. The van der Waals surface area contributed by atoms with Gasteiger partial charge in [0, 0.05) is 11.4 Å². The molecule has 5 heteroatoms. The van der Waals surface area contributed by atoms with E-state index in [1.54, 1.807) is 17.4 Å². The number of hydrogen-bond donors (Lipinski definition) is 1. The number of ether oxygens (including phenoxy) is 1. The summed E-state index contributed by atoms with van der Waals surface area (Å²) in [6, 6.07) is 5.01. The minimum absolute atomic E-state index is 0.269. The van der Waals surface area contributed by atoms with E-state index in [0.29, 0.717) is 13.2 Å². The maximum absolute atomic E-state index is 13.8. The van der Waals surface area contributed by atoms with Crippen LogP contribution in [0, 0.1) is 19.7 Å². The van der Waals surface area contributed by atoms with E-state index in [4.69, 9.17) is 4.74 Å². The van der Waals surface area contributed by atoms with Crippen LogP contribution >= 0.6 is 11.3 Å². The number of nitrogens with zero attached hydrogens (tertiary/aromatic N) is 1. The number of rotatable bonds is 5. The highest BCUT2D eigenvalue weighted by Gasteiger charge is 2.08. The molecular formula is C14H17FN2OS. The SMILES string of the molecule is CNCc1ccc(OCc2nc(C)c(C)s2)c(F)c1. The molecule has 0 amide bonds. The quantitative estimate of drug-likeness (QED) is 0.913. The third-order valence-electron chi connectivity index (χ3n) is 2.80. The zero-order valence-corrected chi connectivity index (χ0v) is 12.1. The summed E-state index contributed by atoms with van der Waals surface area (Å²) in [5.74, 6) is -0.0666. The van der Waals surface area contributed by atoms with Crippen molar-refractivity contribution in [2.75, 3.05) is 7.05 Å². The Kier molecular flexibility index (Phi) is 4.50. The molecular weight excluding hydrogens is 263 g/mol. The lowest BCUT2D eigenvalue weighted by molar-refractivity contribution is 0.289. The van der Waals surface area contributed by atoms with Gasteiger partial charge in [0.2, 0.25) is 0 Å². The molecule has 0 aliphatic rings. The van der Waals surface area contributed by atoms with Crippen molar-refractivity contribution >= 4 is 11.3 Å². The number of hydrogen-bond acceptors (Lipinski definition) is 4. The predicted octanol–water partition coefficient (Wildman–Crippen LogP) is 3.20. The van der Waals surface area contributed by atoms with Crippen LogP contribution in [-0.4, -0.2) is 12.0 Å². The van der Waals surface area contributed by atoms with Gasteiger partial charge in [-0.1, -0.05) is 6.07 Å². The molecule has 0 spiro atoms. The molecule has 2 rings (SSSR count). The molecule has 1 aromatic carbocycles. The largest absolute Gasteiger partial charge is 0.483 e. The minimum Gasteiger partial charge on any atom is -0.483 e. The van der Waals surface area contributed by atoms with E-state index in [9.17, 15) is 4.39 Å². The molecule has 3 nitrogen and oxygen atoms in total. The van der Waals surface area contributed by atoms with Crippen molar-refractivity contribution in [3.63, 3.8) is 0 Å². The molecule has 0 radical (unpaired) electrons. The molecule has 19 heavy (non-hydrogen) atoms. The summed E-state index contributed by atoms with van der Waals surface area (Å²) < 4.78 is 19.3. The van der Waals surface area contributed by atoms with Crippen LogP contribution in [0.3, 0.4) is 0 Å². The van der Waals surface area contributed by atoms with Gasteiger partial charge in [0.15, 0.2) is 11.6 Å². The Balaban J connectivity index is 2.03. The van der Waals surface area contributed by atoms with Crippen LogP contribution in [0.2, 0.25) is 0 Å². The molecule has 102 valence electrons. The first-order valence-electron chi connectivity index (χ1n) is 6.09. The van der Waals surface area contributed by atoms with Crippen molar-refractivity contribution < 1.29 is 9.13 Å². The van der Waals surface area contributed by atoms with Gasteiger partial charge >= 0.3 is 0 Å². The van der Waals surface area contributed by atoms with Crippen molar-refractivity contribution in [2.45, 2.75) is 27.0 Å². The summed E-state index contributed by atoms with van der Waals surface area (Å²) in [5, 5.41) is 3.85. The third kappa shape index (κ3) is 3.52. The smallest absolute Gasteiger partial charge is 0.165 e. The number of nitrogens with one attached hydrogen (secondary N) is 1. The van der Waals surface area contributed by atoms with Gasteiger partial charge in [0.1, 0.15) is 11.6 Å². The second kappa shape index (κ2) is 6.12. The van der Waals surface area contributed by atoms with E-state index in [0.717, 1.165) is 16.3 Å². The lowest BCUT2D eigenvalue weighted by Gasteiger charge is -2.07. The minimum atomic E-state index is -0.335. The second-order valence-electron chi connectivity index (χ2n) is 4.33. The summed E-state index contributed by atoms with van der Waals surface area (Å²) >= 11 is 1.58. The Morgan fingerprint density at radius 2 is 2.16 bits per heavy atom. The van der Waals surface area contributed by atoms with E-state index < -0.39 is 0 Å². The maximum atomic E-state index is 13.8. The standard InChI is InChI=1S/C14H17FN2OS/c1-9-10(2)19-14(17-9)8-18-13-5-4-11(7-16-3)6-12(13)15/h4-6,16H,7-8H2,1-3H3.